The number of carbonyl (C=O) groups excluding carboxylic acids is 1. The summed E-state index contributed by atoms with van der Waals surface area (Å²) in [5, 5.41) is 4.17. The zero-order valence-electron chi connectivity index (χ0n) is 10.5. The van der Waals surface area contributed by atoms with Crippen LogP contribution in [-0.2, 0) is 6.42 Å². The maximum atomic E-state index is 11.1. The molecule has 0 bridgehead atoms. The van der Waals surface area contributed by atoms with E-state index in [1.165, 1.54) is 6.20 Å². The van der Waals surface area contributed by atoms with Crippen molar-refractivity contribution in [2.24, 2.45) is 11.5 Å². The monoisotopic (exact) mass is 322 g/mol. The number of primary amides is 1. The highest BCUT2D eigenvalue weighted by molar-refractivity contribution is 9.10. The average molecular weight is 323 g/mol. The lowest BCUT2D eigenvalue weighted by molar-refractivity contribution is 0.100. The van der Waals surface area contributed by atoms with Gasteiger partial charge >= 0.3 is 0 Å². The first-order chi connectivity index (χ1) is 8.97. The summed E-state index contributed by atoms with van der Waals surface area (Å²) < 4.78 is 2.62. The van der Waals surface area contributed by atoms with E-state index in [0.717, 1.165) is 22.1 Å². The maximum absolute atomic E-state index is 11.1. The third-order valence-corrected chi connectivity index (χ3v) is 3.19. The molecule has 1 amide bonds. The summed E-state index contributed by atoms with van der Waals surface area (Å²) in [6.07, 6.45) is 3.80. The van der Waals surface area contributed by atoms with Crippen molar-refractivity contribution >= 4 is 21.8 Å². The number of hydrogen-bond donors (Lipinski definition) is 2. The lowest BCUT2D eigenvalue weighted by Gasteiger charge is -2.12. The molecule has 1 aromatic heterocycles. The number of carbonyl (C=O) groups is 1. The number of halogens is 1. The summed E-state index contributed by atoms with van der Waals surface area (Å²) >= 11 is 3.44. The number of benzene rings is 1. The number of nitrogens with two attached hydrogens (primary N) is 2. The van der Waals surface area contributed by atoms with Crippen LogP contribution in [0.25, 0.3) is 5.69 Å². The second-order valence-electron chi connectivity index (χ2n) is 4.49. The van der Waals surface area contributed by atoms with E-state index in [1.54, 1.807) is 10.9 Å². The highest BCUT2D eigenvalue weighted by atomic mass is 79.9. The van der Waals surface area contributed by atoms with Gasteiger partial charge in [-0.3, -0.25) is 4.79 Å². The molecule has 1 atom stereocenters. The van der Waals surface area contributed by atoms with Crippen LogP contribution < -0.4 is 11.5 Å². The largest absolute Gasteiger partial charge is 0.366 e. The van der Waals surface area contributed by atoms with Crippen molar-refractivity contribution in [1.29, 1.82) is 0 Å². The Bertz CT molecular complexity index is 606. The van der Waals surface area contributed by atoms with Crippen LogP contribution in [0.2, 0.25) is 0 Å². The lowest BCUT2D eigenvalue weighted by atomic mass is 10.1. The van der Waals surface area contributed by atoms with Crippen molar-refractivity contribution in [3.8, 4) is 5.69 Å². The van der Waals surface area contributed by atoms with Crippen molar-refractivity contribution in [1.82, 2.24) is 9.78 Å². The number of hydrogen-bond acceptors (Lipinski definition) is 3. The lowest BCUT2D eigenvalue weighted by Crippen LogP contribution is -2.19. The van der Waals surface area contributed by atoms with Gasteiger partial charge in [0.05, 0.1) is 17.4 Å². The molecule has 19 heavy (non-hydrogen) atoms. The van der Waals surface area contributed by atoms with Gasteiger partial charge in [-0.1, -0.05) is 15.9 Å². The molecular weight excluding hydrogens is 308 g/mol. The van der Waals surface area contributed by atoms with Gasteiger partial charge in [0, 0.05) is 16.7 Å². The second-order valence-corrected chi connectivity index (χ2v) is 5.41. The zero-order valence-corrected chi connectivity index (χ0v) is 12.1. The van der Waals surface area contributed by atoms with Crippen LogP contribution in [0.5, 0.6) is 0 Å². The van der Waals surface area contributed by atoms with Gasteiger partial charge in [0.2, 0.25) is 0 Å². The number of aromatic nitrogens is 2. The fourth-order valence-corrected chi connectivity index (χ4v) is 2.28. The van der Waals surface area contributed by atoms with Crippen LogP contribution in [0, 0.1) is 0 Å². The standard InChI is InChI=1S/C13H15BrN4O/c1-8(15)4-9-5-11(14)2-3-12(9)18-7-10(6-17-18)13(16)19/h2-3,5-8H,4,15H2,1H3,(H2,16,19). The Hall–Kier alpha value is -1.66. The van der Waals surface area contributed by atoms with Gasteiger partial charge in [-0.05, 0) is 37.1 Å². The molecule has 0 saturated heterocycles. The van der Waals surface area contributed by atoms with Gasteiger partial charge in [-0.15, -0.1) is 0 Å². The maximum Gasteiger partial charge on any atom is 0.251 e. The molecule has 0 radical (unpaired) electrons. The topological polar surface area (TPSA) is 86.9 Å². The van der Waals surface area contributed by atoms with E-state index in [0.29, 0.717) is 5.56 Å². The second kappa shape index (κ2) is 5.54. The van der Waals surface area contributed by atoms with Gasteiger partial charge in [-0.2, -0.15) is 5.10 Å². The molecule has 1 heterocycles. The van der Waals surface area contributed by atoms with Crippen LogP contribution in [0.1, 0.15) is 22.8 Å². The smallest absolute Gasteiger partial charge is 0.251 e. The molecule has 1 aromatic carbocycles. The van der Waals surface area contributed by atoms with Crippen molar-refractivity contribution in [2.45, 2.75) is 19.4 Å². The zero-order chi connectivity index (χ0) is 14.0. The van der Waals surface area contributed by atoms with E-state index in [1.807, 2.05) is 25.1 Å². The van der Waals surface area contributed by atoms with Crippen molar-refractivity contribution in [2.75, 3.05) is 0 Å². The van der Waals surface area contributed by atoms with Gasteiger partial charge in [0.25, 0.3) is 5.91 Å². The quantitative estimate of drug-likeness (QED) is 0.896. The molecule has 0 aliphatic carbocycles. The van der Waals surface area contributed by atoms with Gasteiger partial charge < -0.3 is 11.5 Å². The molecule has 2 rings (SSSR count). The van der Waals surface area contributed by atoms with E-state index in [4.69, 9.17) is 11.5 Å². The molecule has 0 aliphatic rings. The Morgan fingerprint density at radius 3 is 2.84 bits per heavy atom. The SMILES string of the molecule is CC(N)Cc1cc(Br)ccc1-n1cc(C(N)=O)cn1. The van der Waals surface area contributed by atoms with Crippen LogP contribution in [0.3, 0.4) is 0 Å². The first kappa shape index (κ1) is 13.8. The fraction of sp³-hybridized carbons (Fsp3) is 0.231. The number of amides is 1. The van der Waals surface area contributed by atoms with Crippen LogP contribution in [0.4, 0.5) is 0 Å². The van der Waals surface area contributed by atoms with E-state index in [2.05, 4.69) is 21.0 Å². The summed E-state index contributed by atoms with van der Waals surface area (Å²) in [4.78, 5) is 11.1. The number of nitrogens with zero attached hydrogens (tertiary/aromatic N) is 2. The van der Waals surface area contributed by atoms with Crippen LogP contribution in [-0.4, -0.2) is 21.7 Å². The molecule has 0 aliphatic heterocycles. The third-order valence-electron chi connectivity index (χ3n) is 2.70. The molecule has 0 spiro atoms. The first-order valence-corrected chi connectivity index (χ1v) is 6.65. The Balaban J connectivity index is 2.45. The highest BCUT2D eigenvalue weighted by Crippen LogP contribution is 2.21. The Kier molecular flexibility index (Phi) is 4.01. The Morgan fingerprint density at radius 2 is 2.26 bits per heavy atom. The molecule has 100 valence electrons. The summed E-state index contributed by atoms with van der Waals surface area (Å²) in [6, 6.07) is 5.90. The number of rotatable bonds is 4. The molecule has 0 fully saturated rings. The summed E-state index contributed by atoms with van der Waals surface area (Å²) in [7, 11) is 0. The summed E-state index contributed by atoms with van der Waals surface area (Å²) in [6.45, 7) is 1.95. The normalized spacial score (nSPS) is 12.4. The Labute approximate surface area is 119 Å². The summed E-state index contributed by atoms with van der Waals surface area (Å²) in [5.74, 6) is -0.489. The molecule has 0 saturated carbocycles. The summed E-state index contributed by atoms with van der Waals surface area (Å²) in [5.41, 5.74) is 13.4. The van der Waals surface area contributed by atoms with E-state index in [9.17, 15) is 4.79 Å². The molecule has 2 aromatic rings. The average Bonchev–Trinajstić information content (AvgIpc) is 2.77. The van der Waals surface area contributed by atoms with Gasteiger partial charge in [0.1, 0.15) is 0 Å². The predicted molar refractivity (Wildman–Crippen MR) is 77.1 cm³/mol. The van der Waals surface area contributed by atoms with Crippen LogP contribution in [0.15, 0.2) is 35.1 Å². The van der Waals surface area contributed by atoms with E-state index >= 15 is 0 Å². The molecule has 4 N–H and O–H groups in total. The molecule has 6 heteroatoms. The first-order valence-electron chi connectivity index (χ1n) is 5.86. The molecule has 1 unspecified atom stereocenters. The fourth-order valence-electron chi connectivity index (χ4n) is 1.87. The predicted octanol–water partition coefficient (Wildman–Crippen LogP) is 1.62. The minimum Gasteiger partial charge on any atom is -0.366 e. The van der Waals surface area contributed by atoms with Crippen molar-refractivity contribution in [3.05, 3.63) is 46.2 Å². The van der Waals surface area contributed by atoms with E-state index in [-0.39, 0.29) is 6.04 Å². The minimum atomic E-state index is -0.489. The van der Waals surface area contributed by atoms with E-state index < -0.39 is 5.91 Å². The van der Waals surface area contributed by atoms with Crippen molar-refractivity contribution in [3.63, 3.8) is 0 Å². The van der Waals surface area contributed by atoms with Crippen LogP contribution >= 0.6 is 15.9 Å². The highest BCUT2D eigenvalue weighted by Gasteiger charge is 2.11. The van der Waals surface area contributed by atoms with Crippen molar-refractivity contribution < 1.29 is 4.79 Å². The van der Waals surface area contributed by atoms with Gasteiger partial charge in [-0.25, -0.2) is 4.68 Å². The minimum absolute atomic E-state index is 0.0409. The third kappa shape index (κ3) is 3.21. The van der Waals surface area contributed by atoms with Gasteiger partial charge in [0.15, 0.2) is 0 Å². The molecule has 5 nitrogen and oxygen atoms in total. The molecular formula is C13H15BrN4O. The Morgan fingerprint density at radius 1 is 1.53 bits per heavy atom.